The third-order valence-corrected chi connectivity index (χ3v) is 6.94. The molecule has 0 bridgehead atoms. The first-order valence-corrected chi connectivity index (χ1v) is 12.3. The second-order valence-electron chi connectivity index (χ2n) is 8.40. The number of sulfonamides is 1. The Kier molecular flexibility index (Phi) is 5.93. The summed E-state index contributed by atoms with van der Waals surface area (Å²) in [4.78, 5) is 14.8. The first-order valence-electron chi connectivity index (χ1n) is 10.4. The number of rotatable bonds is 6. The summed E-state index contributed by atoms with van der Waals surface area (Å²) in [6.45, 7) is 0.542. The van der Waals surface area contributed by atoms with E-state index in [1.54, 1.807) is 6.07 Å². The number of nitrogens with zero attached hydrogens (tertiary/aromatic N) is 1. The molecule has 1 saturated heterocycles. The van der Waals surface area contributed by atoms with Crippen molar-refractivity contribution in [3.05, 3.63) is 59.9 Å². The van der Waals surface area contributed by atoms with Crippen LogP contribution in [0.2, 0.25) is 0 Å². The molecule has 0 aromatic heterocycles. The van der Waals surface area contributed by atoms with Gasteiger partial charge in [0.05, 0.1) is 12.3 Å². The molecule has 2 aromatic rings. The number of nitrogens with one attached hydrogen (secondary N) is 1. The molecule has 7 heteroatoms. The van der Waals surface area contributed by atoms with E-state index in [0.717, 1.165) is 36.6 Å². The van der Waals surface area contributed by atoms with Crippen molar-refractivity contribution in [2.75, 3.05) is 12.8 Å². The summed E-state index contributed by atoms with van der Waals surface area (Å²) >= 11 is 0. The summed E-state index contributed by atoms with van der Waals surface area (Å²) in [5, 5.41) is 0. The lowest BCUT2D eigenvalue weighted by Gasteiger charge is -2.34. The van der Waals surface area contributed by atoms with E-state index in [2.05, 4.69) is 4.72 Å². The average Bonchev–Trinajstić information content (AvgIpc) is 3.03. The van der Waals surface area contributed by atoms with Gasteiger partial charge in [-0.05, 0) is 48.9 Å². The van der Waals surface area contributed by atoms with E-state index in [1.807, 2.05) is 41.3 Å². The summed E-state index contributed by atoms with van der Waals surface area (Å²) in [6, 6.07) is 13.7. The molecule has 2 unspecified atom stereocenters. The predicted octanol–water partition coefficient (Wildman–Crippen LogP) is 3.35. The first-order chi connectivity index (χ1) is 14.3. The molecule has 1 aliphatic carbocycles. The molecule has 2 aliphatic rings. The standard InChI is InChI=1S/C23H27FN2O3S/c1-30(28,29)25-21-12-13-26(23(27)18-8-5-9-18)22(21)15-16-10-11-20(24)19(14-16)17-6-3-2-4-7-17/h2-4,6-7,10-11,14,18,21-22,25H,5,8-9,12-13,15H2,1H3. The number of hydrogen-bond acceptors (Lipinski definition) is 3. The number of halogens is 1. The fraction of sp³-hybridized carbons (Fsp3) is 0.435. The van der Waals surface area contributed by atoms with Crippen LogP contribution in [-0.2, 0) is 21.2 Å². The molecule has 30 heavy (non-hydrogen) atoms. The Labute approximate surface area is 177 Å². The average molecular weight is 431 g/mol. The van der Waals surface area contributed by atoms with E-state index in [4.69, 9.17) is 0 Å². The third kappa shape index (κ3) is 4.57. The maximum atomic E-state index is 14.5. The van der Waals surface area contributed by atoms with E-state index in [1.165, 1.54) is 6.07 Å². The molecule has 4 rings (SSSR count). The van der Waals surface area contributed by atoms with E-state index in [0.29, 0.717) is 24.9 Å². The van der Waals surface area contributed by atoms with Crippen molar-refractivity contribution < 1.29 is 17.6 Å². The van der Waals surface area contributed by atoms with Gasteiger partial charge in [0.2, 0.25) is 15.9 Å². The Balaban J connectivity index is 1.62. The Morgan fingerprint density at radius 1 is 1.13 bits per heavy atom. The van der Waals surface area contributed by atoms with Crippen molar-refractivity contribution in [1.29, 1.82) is 0 Å². The van der Waals surface area contributed by atoms with Crippen LogP contribution in [0.25, 0.3) is 11.1 Å². The topological polar surface area (TPSA) is 66.5 Å². The van der Waals surface area contributed by atoms with Crippen LogP contribution in [0.3, 0.4) is 0 Å². The number of carbonyl (C=O) groups excluding carboxylic acids is 1. The molecule has 5 nitrogen and oxygen atoms in total. The Morgan fingerprint density at radius 3 is 2.50 bits per heavy atom. The van der Waals surface area contributed by atoms with Gasteiger partial charge in [-0.25, -0.2) is 17.5 Å². The molecular weight excluding hydrogens is 403 g/mol. The van der Waals surface area contributed by atoms with Crippen LogP contribution in [0.4, 0.5) is 4.39 Å². The summed E-state index contributed by atoms with van der Waals surface area (Å²) in [7, 11) is -3.40. The highest BCUT2D eigenvalue weighted by Crippen LogP contribution is 2.33. The summed E-state index contributed by atoms with van der Waals surface area (Å²) in [5.41, 5.74) is 2.18. The van der Waals surface area contributed by atoms with Gasteiger partial charge in [0.15, 0.2) is 0 Å². The molecule has 1 heterocycles. The maximum absolute atomic E-state index is 14.5. The van der Waals surface area contributed by atoms with Crippen molar-refractivity contribution in [3.8, 4) is 11.1 Å². The predicted molar refractivity (Wildman–Crippen MR) is 115 cm³/mol. The van der Waals surface area contributed by atoms with Gasteiger partial charge >= 0.3 is 0 Å². The SMILES string of the molecule is CS(=O)(=O)NC1CCN(C(=O)C2CCC2)C1Cc1ccc(F)c(-c2ccccc2)c1. The van der Waals surface area contributed by atoms with Gasteiger partial charge < -0.3 is 4.90 Å². The third-order valence-electron chi connectivity index (χ3n) is 6.21. The lowest BCUT2D eigenvalue weighted by molar-refractivity contribution is -0.139. The van der Waals surface area contributed by atoms with Gasteiger partial charge in [0.25, 0.3) is 0 Å². The van der Waals surface area contributed by atoms with Crippen LogP contribution in [0, 0.1) is 11.7 Å². The van der Waals surface area contributed by atoms with Crippen molar-refractivity contribution in [2.24, 2.45) is 5.92 Å². The molecule has 1 N–H and O–H groups in total. The van der Waals surface area contributed by atoms with E-state index in [-0.39, 0.29) is 29.7 Å². The number of hydrogen-bond donors (Lipinski definition) is 1. The van der Waals surface area contributed by atoms with Crippen molar-refractivity contribution in [1.82, 2.24) is 9.62 Å². The molecule has 1 amide bonds. The van der Waals surface area contributed by atoms with Crippen molar-refractivity contribution in [2.45, 2.75) is 44.2 Å². The lowest BCUT2D eigenvalue weighted by atomic mass is 9.84. The van der Waals surface area contributed by atoms with Crippen molar-refractivity contribution >= 4 is 15.9 Å². The minimum absolute atomic E-state index is 0.0533. The van der Waals surface area contributed by atoms with Crippen LogP contribution >= 0.6 is 0 Å². The van der Waals surface area contributed by atoms with E-state index >= 15 is 0 Å². The summed E-state index contributed by atoms with van der Waals surface area (Å²) < 4.78 is 41.0. The smallest absolute Gasteiger partial charge is 0.225 e. The minimum atomic E-state index is -3.40. The van der Waals surface area contributed by atoms with Crippen LogP contribution in [0.15, 0.2) is 48.5 Å². The zero-order valence-electron chi connectivity index (χ0n) is 17.1. The van der Waals surface area contributed by atoms with Gasteiger partial charge in [-0.2, -0.15) is 0 Å². The number of amides is 1. The molecule has 1 aliphatic heterocycles. The van der Waals surface area contributed by atoms with Crippen molar-refractivity contribution in [3.63, 3.8) is 0 Å². The molecule has 160 valence electrons. The maximum Gasteiger partial charge on any atom is 0.225 e. The van der Waals surface area contributed by atoms with Gasteiger partial charge in [-0.15, -0.1) is 0 Å². The first kappa shape index (κ1) is 21.0. The van der Waals surface area contributed by atoms with E-state index in [9.17, 15) is 17.6 Å². The second-order valence-corrected chi connectivity index (χ2v) is 10.2. The highest BCUT2D eigenvalue weighted by molar-refractivity contribution is 7.88. The number of carbonyl (C=O) groups is 1. The van der Waals surface area contributed by atoms with Gasteiger partial charge in [-0.1, -0.05) is 42.8 Å². The fourth-order valence-electron chi connectivity index (χ4n) is 4.46. The highest BCUT2D eigenvalue weighted by atomic mass is 32.2. The highest BCUT2D eigenvalue weighted by Gasteiger charge is 2.41. The number of likely N-dealkylation sites (tertiary alicyclic amines) is 1. The monoisotopic (exact) mass is 430 g/mol. The quantitative estimate of drug-likeness (QED) is 0.764. The number of benzene rings is 2. The van der Waals surface area contributed by atoms with Crippen LogP contribution in [-0.4, -0.2) is 44.1 Å². The Morgan fingerprint density at radius 2 is 1.87 bits per heavy atom. The molecule has 2 atom stereocenters. The largest absolute Gasteiger partial charge is 0.337 e. The van der Waals surface area contributed by atoms with Crippen LogP contribution in [0.1, 0.15) is 31.2 Å². The molecule has 2 fully saturated rings. The molecular formula is C23H27FN2O3S. The zero-order chi connectivity index (χ0) is 21.3. The van der Waals surface area contributed by atoms with Crippen LogP contribution in [0.5, 0.6) is 0 Å². The van der Waals surface area contributed by atoms with Crippen LogP contribution < -0.4 is 4.72 Å². The van der Waals surface area contributed by atoms with Gasteiger partial charge in [0, 0.05) is 24.1 Å². The summed E-state index contributed by atoms with van der Waals surface area (Å²) in [5.74, 6) is -0.128. The lowest BCUT2D eigenvalue weighted by Crippen LogP contribution is -2.49. The zero-order valence-corrected chi connectivity index (χ0v) is 17.9. The van der Waals surface area contributed by atoms with Gasteiger partial charge in [0.1, 0.15) is 5.82 Å². The van der Waals surface area contributed by atoms with Gasteiger partial charge in [-0.3, -0.25) is 4.79 Å². The normalized spacial score (nSPS) is 22.1. The fourth-order valence-corrected chi connectivity index (χ4v) is 5.29. The second kappa shape index (κ2) is 8.47. The van der Waals surface area contributed by atoms with E-state index < -0.39 is 10.0 Å². The Hall–Kier alpha value is -2.25. The Bertz CT molecular complexity index is 1020. The minimum Gasteiger partial charge on any atom is -0.337 e. The molecule has 0 radical (unpaired) electrons. The molecule has 0 spiro atoms. The molecule has 1 saturated carbocycles. The molecule has 2 aromatic carbocycles. The summed E-state index contributed by atoms with van der Waals surface area (Å²) in [6.07, 6.45) is 5.08.